The number of fused-ring (bicyclic) bond motifs is 3. The standard InChI is InChI=1S/C15H19FN2O2/c1-19-15(20-2)9-18-6-5-14-12(8-18)11-7-10(16)3-4-13(11)17-14/h3-4,7,15,17H,5-6,8-9H2,1-2H3. The first-order valence-electron chi connectivity index (χ1n) is 6.78. The van der Waals surface area contributed by atoms with Crippen LogP contribution in [0.15, 0.2) is 18.2 Å². The zero-order valence-electron chi connectivity index (χ0n) is 11.8. The highest BCUT2D eigenvalue weighted by molar-refractivity contribution is 5.84. The Bertz CT molecular complexity index is 607. The molecular formula is C15H19FN2O2. The molecule has 1 aliphatic rings. The molecule has 0 radical (unpaired) electrons. The van der Waals surface area contributed by atoms with Gasteiger partial charge in [-0.25, -0.2) is 4.39 Å². The number of nitrogens with zero attached hydrogens (tertiary/aromatic N) is 1. The zero-order valence-corrected chi connectivity index (χ0v) is 11.8. The number of hydrogen-bond acceptors (Lipinski definition) is 3. The number of hydrogen-bond donors (Lipinski definition) is 1. The summed E-state index contributed by atoms with van der Waals surface area (Å²) in [6.07, 6.45) is 0.713. The van der Waals surface area contributed by atoms with Gasteiger partial charge in [-0.3, -0.25) is 4.90 Å². The summed E-state index contributed by atoms with van der Waals surface area (Å²) in [6, 6.07) is 4.91. The van der Waals surface area contributed by atoms with Crippen LogP contribution in [-0.2, 0) is 22.4 Å². The molecule has 4 nitrogen and oxygen atoms in total. The lowest BCUT2D eigenvalue weighted by Crippen LogP contribution is -2.37. The molecule has 2 heterocycles. The number of H-pyrrole nitrogens is 1. The highest BCUT2D eigenvalue weighted by Crippen LogP contribution is 2.28. The van der Waals surface area contributed by atoms with Gasteiger partial charge in [0.05, 0.1) is 0 Å². The third-order valence-corrected chi connectivity index (χ3v) is 3.95. The summed E-state index contributed by atoms with van der Waals surface area (Å²) in [4.78, 5) is 5.67. The van der Waals surface area contributed by atoms with Gasteiger partial charge in [-0.1, -0.05) is 0 Å². The summed E-state index contributed by atoms with van der Waals surface area (Å²) in [5.74, 6) is -0.192. The van der Waals surface area contributed by atoms with Gasteiger partial charge < -0.3 is 14.5 Å². The van der Waals surface area contributed by atoms with Crippen molar-refractivity contribution in [2.75, 3.05) is 27.3 Å². The maximum atomic E-state index is 13.4. The number of rotatable bonds is 4. The van der Waals surface area contributed by atoms with Crippen molar-refractivity contribution in [3.63, 3.8) is 0 Å². The van der Waals surface area contributed by atoms with Crippen LogP contribution in [-0.4, -0.2) is 43.5 Å². The van der Waals surface area contributed by atoms with E-state index in [0.29, 0.717) is 6.54 Å². The minimum Gasteiger partial charge on any atom is -0.358 e. The predicted octanol–water partition coefficient (Wildman–Crippen LogP) is 2.28. The number of halogens is 1. The summed E-state index contributed by atoms with van der Waals surface area (Å²) in [5.41, 5.74) is 3.42. The molecule has 0 unspecified atom stereocenters. The van der Waals surface area contributed by atoms with Crippen LogP contribution in [0.25, 0.3) is 10.9 Å². The van der Waals surface area contributed by atoms with Gasteiger partial charge >= 0.3 is 0 Å². The first kappa shape index (κ1) is 13.5. The Balaban J connectivity index is 1.86. The zero-order chi connectivity index (χ0) is 14.1. The molecule has 108 valence electrons. The summed E-state index contributed by atoms with van der Waals surface area (Å²) in [5, 5.41) is 0.982. The molecule has 0 atom stereocenters. The van der Waals surface area contributed by atoms with E-state index < -0.39 is 0 Å². The van der Waals surface area contributed by atoms with Gasteiger partial charge in [0.1, 0.15) is 5.82 Å². The fourth-order valence-corrected chi connectivity index (χ4v) is 2.85. The van der Waals surface area contributed by atoms with Gasteiger partial charge in [-0.15, -0.1) is 0 Å². The molecule has 1 aliphatic heterocycles. The van der Waals surface area contributed by atoms with E-state index in [4.69, 9.17) is 9.47 Å². The van der Waals surface area contributed by atoms with Crippen LogP contribution in [0.4, 0.5) is 4.39 Å². The third kappa shape index (κ3) is 2.44. The maximum absolute atomic E-state index is 13.4. The van der Waals surface area contributed by atoms with Crippen LogP contribution < -0.4 is 0 Å². The van der Waals surface area contributed by atoms with Crippen molar-refractivity contribution < 1.29 is 13.9 Å². The van der Waals surface area contributed by atoms with Crippen LogP contribution in [0.2, 0.25) is 0 Å². The van der Waals surface area contributed by atoms with Gasteiger partial charge in [-0.2, -0.15) is 0 Å². The molecule has 5 heteroatoms. The van der Waals surface area contributed by atoms with Gasteiger partial charge in [0.2, 0.25) is 0 Å². The van der Waals surface area contributed by atoms with Crippen LogP contribution in [0.5, 0.6) is 0 Å². The third-order valence-electron chi connectivity index (χ3n) is 3.95. The summed E-state index contributed by atoms with van der Waals surface area (Å²) in [6.45, 7) is 2.46. The molecule has 1 aromatic carbocycles. The molecule has 3 rings (SSSR count). The van der Waals surface area contributed by atoms with E-state index in [-0.39, 0.29) is 12.1 Å². The second kappa shape index (κ2) is 5.52. The summed E-state index contributed by atoms with van der Waals surface area (Å²) in [7, 11) is 3.29. The molecule has 0 amide bonds. The van der Waals surface area contributed by atoms with E-state index in [0.717, 1.165) is 30.4 Å². The fourth-order valence-electron chi connectivity index (χ4n) is 2.85. The quantitative estimate of drug-likeness (QED) is 0.872. The van der Waals surface area contributed by atoms with E-state index in [2.05, 4.69) is 9.88 Å². The largest absolute Gasteiger partial charge is 0.358 e. The first-order chi connectivity index (χ1) is 9.71. The van der Waals surface area contributed by atoms with Crippen molar-refractivity contribution in [3.8, 4) is 0 Å². The van der Waals surface area contributed by atoms with Gasteiger partial charge in [0.25, 0.3) is 0 Å². The number of nitrogens with one attached hydrogen (secondary N) is 1. The Morgan fingerprint density at radius 1 is 1.35 bits per heavy atom. The second-order valence-corrected chi connectivity index (χ2v) is 5.16. The van der Waals surface area contributed by atoms with Crippen molar-refractivity contribution in [3.05, 3.63) is 35.3 Å². The number of aromatic nitrogens is 1. The van der Waals surface area contributed by atoms with Crippen LogP contribution in [0, 0.1) is 5.82 Å². The number of ether oxygens (including phenoxy) is 2. The van der Waals surface area contributed by atoms with Crippen molar-refractivity contribution in [2.24, 2.45) is 0 Å². The highest BCUT2D eigenvalue weighted by Gasteiger charge is 2.22. The average Bonchev–Trinajstić information content (AvgIpc) is 2.82. The number of benzene rings is 1. The first-order valence-corrected chi connectivity index (χ1v) is 6.78. The topological polar surface area (TPSA) is 37.5 Å². The van der Waals surface area contributed by atoms with E-state index in [1.165, 1.54) is 17.3 Å². The van der Waals surface area contributed by atoms with Crippen molar-refractivity contribution >= 4 is 10.9 Å². The SMILES string of the molecule is COC(CN1CCc2[nH]c3ccc(F)cc3c2C1)OC. The maximum Gasteiger partial charge on any atom is 0.169 e. The summed E-state index contributed by atoms with van der Waals surface area (Å²) < 4.78 is 23.9. The Morgan fingerprint density at radius 2 is 2.15 bits per heavy atom. The lowest BCUT2D eigenvalue weighted by Gasteiger charge is -2.29. The second-order valence-electron chi connectivity index (χ2n) is 5.16. The minimum absolute atomic E-state index is 0.192. The Morgan fingerprint density at radius 3 is 2.90 bits per heavy atom. The van der Waals surface area contributed by atoms with Gasteiger partial charge in [0.15, 0.2) is 6.29 Å². The molecule has 0 bridgehead atoms. The van der Waals surface area contributed by atoms with Gasteiger partial charge in [0, 0.05) is 56.9 Å². The van der Waals surface area contributed by atoms with E-state index in [9.17, 15) is 4.39 Å². The number of methoxy groups -OCH3 is 2. The molecule has 20 heavy (non-hydrogen) atoms. The van der Waals surface area contributed by atoms with Crippen LogP contribution >= 0.6 is 0 Å². The monoisotopic (exact) mass is 278 g/mol. The van der Waals surface area contributed by atoms with E-state index in [1.54, 1.807) is 26.4 Å². The van der Waals surface area contributed by atoms with E-state index >= 15 is 0 Å². The Labute approximate surface area is 117 Å². The molecule has 0 fully saturated rings. The number of aromatic amines is 1. The molecule has 0 saturated heterocycles. The molecule has 0 aliphatic carbocycles. The normalized spacial score (nSPS) is 16.0. The summed E-state index contributed by atoms with van der Waals surface area (Å²) >= 11 is 0. The van der Waals surface area contributed by atoms with E-state index in [1.807, 2.05) is 0 Å². The minimum atomic E-state index is -0.224. The lowest BCUT2D eigenvalue weighted by molar-refractivity contribution is -0.117. The van der Waals surface area contributed by atoms with Crippen molar-refractivity contribution in [1.29, 1.82) is 0 Å². The van der Waals surface area contributed by atoms with Crippen molar-refractivity contribution in [2.45, 2.75) is 19.3 Å². The lowest BCUT2D eigenvalue weighted by atomic mass is 10.0. The highest BCUT2D eigenvalue weighted by atomic mass is 19.1. The van der Waals surface area contributed by atoms with Crippen LogP contribution in [0.1, 0.15) is 11.3 Å². The van der Waals surface area contributed by atoms with Crippen molar-refractivity contribution in [1.82, 2.24) is 9.88 Å². The molecule has 0 saturated carbocycles. The average molecular weight is 278 g/mol. The molecular weight excluding hydrogens is 259 g/mol. The van der Waals surface area contributed by atoms with Crippen LogP contribution in [0.3, 0.4) is 0 Å². The molecule has 1 aromatic heterocycles. The molecule has 2 aromatic rings. The smallest absolute Gasteiger partial charge is 0.169 e. The predicted molar refractivity (Wildman–Crippen MR) is 75.0 cm³/mol. The molecule has 0 spiro atoms. The Hall–Kier alpha value is -1.43. The molecule has 1 N–H and O–H groups in total. The Kier molecular flexibility index (Phi) is 3.74. The van der Waals surface area contributed by atoms with Gasteiger partial charge in [-0.05, 0) is 23.8 Å². The fraction of sp³-hybridized carbons (Fsp3) is 0.467.